The monoisotopic (exact) mass is 241 g/mol. The lowest BCUT2D eigenvalue weighted by Crippen LogP contribution is -2.14. The molecule has 0 aliphatic rings. The van der Waals surface area contributed by atoms with Crippen LogP contribution in [0.4, 0.5) is 0 Å². The zero-order chi connectivity index (χ0) is 11.9. The highest BCUT2D eigenvalue weighted by Gasteiger charge is 2.21. The average Bonchev–Trinajstić information content (AvgIpc) is 1.99. The van der Waals surface area contributed by atoms with Gasteiger partial charge in [-0.15, -0.1) is 11.3 Å². The largest absolute Gasteiger partial charge is 0.224 e. The Balaban J connectivity index is 3.36. The topological polar surface area (TPSA) is 0 Å². The van der Waals surface area contributed by atoms with Crippen LogP contribution < -0.4 is 0 Å². The minimum atomic E-state index is 0.212. The molecule has 0 fully saturated rings. The maximum absolute atomic E-state index is 4.49. The van der Waals surface area contributed by atoms with E-state index in [1.165, 1.54) is 9.75 Å². The molecule has 0 bridgehead atoms. The Kier molecular flexibility index (Phi) is 3.42. The number of thiol groups is 1. The highest BCUT2D eigenvalue weighted by molar-refractivity contribution is 7.49. The van der Waals surface area contributed by atoms with Gasteiger partial charge in [0, 0.05) is 21.9 Å². The van der Waals surface area contributed by atoms with Crippen LogP contribution in [0.25, 0.3) is 0 Å². The highest BCUT2D eigenvalue weighted by atomic mass is 32.1. The second-order valence-electron chi connectivity index (χ2n) is 6.04. The van der Waals surface area contributed by atoms with Crippen LogP contribution in [-0.2, 0) is 23.0 Å². The van der Waals surface area contributed by atoms with Gasteiger partial charge in [0.05, 0.1) is 0 Å². The van der Waals surface area contributed by atoms with E-state index in [1.54, 1.807) is 0 Å². The molecule has 0 radical (unpaired) electrons. The molecule has 0 aromatic carbocycles. The first kappa shape index (κ1) is 12.9. The molecule has 0 saturated heterocycles. The molecule has 1 rings (SSSR count). The van der Waals surface area contributed by atoms with Gasteiger partial charge in [-0.1, -0.05) is 41.5 Å². The minimum absolute atomic E-state index is 0.212. The van der Waals surface area contributed by atoms with Gasteiger partial charge >= 0.3 is 0 Å². The van der Waals surface area contributed by atoms with Crippen LogP contribution in [0.5, 0.6) is 0 Å². The molecule has 84 valence electrons. The lowest BCUT2D eigenvalue weighted by molar-refractivity contribution is 0.593. The van der Waals surface area contributed by atoms with E-state index >= 15 is 0 Å². The first-order valence-corrected chi connectivity index (χ1v) is 6.55. The quantitative estimate of drug-likeness (QED) is 0.363. The second-order valence-corrected chi connectivity index (χ2v) is 7.64. The molecule has 0 atom stereocenters. The van der Waals surface area contributed by atoms with Crippen LogP contribution in [0, 0.1) is 4.51 Å². The van der Waals surface area contributed by atoms with Gasteiger partial charge in [0.25, 0.3) is 0 Å². The van der Waals surface area contributed by atoms with Crippen LogP contribution in [0.1, 0.15) is 51.3 Å². The van der Waals surface area contributed by atoms with Crippen LogP contribution in [-0.4, -0.2) is 0 Å². The van der Waals surface area contributed by atoms with Gasteiger partial charge < -0.3 is 0 Å². The first-order valence-electron chi connectivity index (χ1n) is 5.29. The Morgan fingerprint density at radius 2 is 1.20 bits per heavy atom. The molecule has 1 aromatic heterocycles. The van der Waals surface area contributed by atoms with E-state index < -0.39 is 0 Å². The summed E-state index contributed by atoms with van der Waals surface area (Å²) in [6, 6.07) is 4.37. The van der Waals surface area contributed by atoms with Crippen molar-refractivity contribution in [3.63, 3.8) is 0 Å². The third kappa shape index (κ3) is 3.39. The summed E-state index contributed by atoms with van der Waals surface area (Å²) in [7, 11) is 0. The normalized spacial score (nSPS) is 12.9. The van der Waals surface area contributed by atoms with Crippen LogP contribution >= 0.6 is 11.3 Å². The van der Waals surface area contributed by atoms with Crippen molar-refractivity contribution in [2.24, 2.45) is 0 Å². The van der Waals surface area contributed by atoms with E-state index in [4.69, 9.17) is 0 Å². The van der Waals surface area contributed by atoms with Gasteiger partial charge in [-0.2, -0.15) is 0 Å². The molecular formula is C13H21S2+. The number of hydrogen-bond acceptors (Lipinski definition) is 1. The minimum Gasteiger partial charge on any atom is -0.144 e. The zero-order valence-electron chi connectivity index (χ0n) is 10.5. The number of hydrogen-bond donors (Lipinski definition) is 0. The molecule has 0 unspecified atom stereocenters. The summed E-state index contributed by atoms with van der Waals surface area (Å²) in [5.74, 6) is 0. The zero-order valence-corrected chi connectivity index (χ0v) is 12.2. The summed E-state index contributed by atoms with van der Waals surface area (Å²) in [6.45, 7) is 13.5. The fraction of sp³-hybridized carbons (Fsp3) is 0.615. The predicted octanol–water partition coefficient (Wildman–Crippen LogP) is 4.15. The Bertz CT molecular complexity index is 365. The fourth-order valence-corrected chi connectivity index (χ4v) is 2.88. The van der Waals surface area contributed by atoms with Crippen LogP contribution in [0.2, 0.25) is 0 Å². The summed E-state index contributed by atoms with van der Waals surface area (Å²) >= 11 is 6.40. The van der Waals surface area contributed by atoms with Crippen LogP contribution in [0.3, 0.4) is 0 Å². The highest BCUT2D eigenvalue weighted by Crippen LogP contribution is 2.33. The van der Waals surface area contributed by atoms with Crippen molar-refractivity contribution in [2.45, 2.75) is 52.4 Å². The standard InChI is InChI=1S/C13H20S2/c1-12(2,3)10-7-9(14)8-11(15-10)13(4,5)6/h7-8H,1-6H3/p+1. The molecule has 0 amide bonds. The molecule has 0 nitrogen and oxygen atoms in total. The average molecular weight is 241 g/mol. The van der Waals surface area contributed by atoms with Crippen molar-refractivity contribution in [3.8, 4) is 0 Å². The van der Waals surface area contributed by atoms with Crippen molar-refractivity contribution < 1.29 is 0 Å². The molecule has 0 N–H and O–H groups in total. The third-order valence-corrected chi connectivity index (χ3v) is 4.41. The van der Waals surface area contributed by atoms with Crippen molar-refractivity contribution in [2.75, 3.05) is 0 Å². The summed E-state index contributed by atoms with van der Waals surface area (Å²) in [4.78, 5) is 2.81. The SMILES string of the molecule is CC(C)(C)c1cc(=[SH+])cc(C(C)(C)C)s1. The van der Waals surface area contributed by atoms with Crippen LogP contribution in [0.15, 0.2) is 12.1 Å². The molecule has 1 heterocycles. The van der Waals surface area contributed by atoms with Gasteiger partial charge in [0.15, 0.2) is 12.2 Å². The molecule has 1 aromatic rings. The molecule has 15 heavy (non-hydrogen) atoms. The van der Waals surface area contributed by atoms with Gasteiger partial charge in [0.2, 0.25) is 4.51 Å². The van der Waals surface area contributed by atoms with E-state index in [9.17, 15) is 0 Å². The number of rotatable bonds is 0. The smallest absolute Gasteiger partial charge is 0.144 e. The van der Waals surface area contributed by atoms with Crippen molar-refractivity contribution in [3.05, 3.63) is 26.4 Å². The molecular weight excluding hydrogens is 220 g/mol. The van der Waals surface area contributed by atoms with Gasteiger partial charge in [-0.05, 0) is 10.8 Å². The lowest BCUT2D eigenvalue weighted by atomic mass is 9.93. The Hall–Kier alpha value is -0.210. The lowest BCUT2D eigenvalue weighted by Gasteiger charge is -2.22. The molecule has 0 spiro atoms. The van der Waals surface area contributed by atoms with Crippen molar-refractivity contribution in [1.29, 1.82) is 0 Å². The summed E-state index contributed by atoms with van der Waals surface area (Å²) in [5, 5.41) is 0. The van der Waals surface area contributed by atoms with E-state index in [0.29, 0.717) is 0 Å². The van der Waals surface area contributed by atoms with Gasteiger partial charge in [-0.3, -0.25) is 0 Å². The maximum Gasteiger partial charge on any atom is 0.224 e. The molecule has 2 heteroatoms. The Morgan fingerprint density at radius 3 is 1.47 bits per heavy atom. The first-order chi connectivity index (χ1) is 6.60. The second kappa shape index (κ2) is 3.99. The van der Waals surface area contributed by atoms with E-state index in [-0.39, 0.29) is 10.8 Å². The molecule has 0 aliphatic heterocycles. The summed E-state index contributed by atoms with van der Waals surface area (Å²) in [6.07, 6.45) is 0. The van der Waals surface area contributed by atoms with E-state index in [1.807, 2.05) is 11.3 Å². The Labute approximate surface area is 102 Å². The summed E-state index contributed by atoms with van der Waals surface area (Å²) < 4.78 is 1.07. The van der Waals surface area contributed by atoms with Gasteiger partial charge in [0.1, 0.15) is 0 Å². The maximum atomic E-state index is 4.49. The van der Waals surface area contributed by atoms with E-state index in [2.05, 4.69) is 65.9 Å². The Morgan fingerprint density at radius 1 is 0.867 bits per heavy atom. The third-order valence-electron chi connectivity index (χ3n) is 2.26. The molecule has 0 aliphatic carbocycles. The molecule has 0 saturated carbocycles. The predicted molar refractivity (Wildman–Crippen MR) is 73.7 cm³/mol. The van der Waals surface area contributed by atoms with Gasteiger partial charge in [-0.25, -0.2) is 0 Å². The van der Waals surface area contributed by atoms with Crippen molar-refractivity contribution >= 4 is 23.6 Å². The van der Waals surface area contributed by atoms with E-state index in [0.717, 1.165) is 4.51 Å². The summed E-state index contributed by atoms with van der Waals surface area (Å²) in [5.41, 5.74) is 0.423. The van der Waals surface area contributed by atoms with Crippen molar-refractivity contribution in [1.82, 2.24) is 0 Å². The fourth-order valence-electron chi connectivity index (χ4n) is 1.23.